The molecule has 0 radical (unpaired) electrons. The van der Waals surface area contributed by atoms with Gasteiger partial charge in [-0.2, -0.15) is 0 Å². The highest BCUT2D eigenvalue weighted by atomic mass is 32.1. The Labute approximate surface area is 163 Å². The van der Waals surface area contributed by atoms with Crippen molar-refractivity contribution < 1.29 is 14.4 Å². The molecule has 6 heteroatoms. The van der Waals surface area contributed by atoms with E-state index in [1.54, 1.807) is 18.4 Å². The normalized spacial score (nSPS) is 19.3. The van der Waals surface area contributed by atoms with Gasteiger partial charge in [-0.3, -0.25) is 4.79 Å². The molecule has 4 rings (SSSR count). The van der Waals surface area contributed by atoms with E-state index < -0.39 is 0 Å². The Bertz CT molecular complexity index is 907. The Morgan fingerprint density at radius 2 is 2.07 bits per heavy atom. The van der Waals surface area contributed by atoms with Crippen LogP contribution in [0.15, 0.2) is 48.5 Å². The number of nitrogens with zero attached hydrogens (tertiary/aromatic N) is 1. The summed E-state index contributed by atoms with van der Waals surface area (Å²) in [6.45, 7) is 1.99. The van der Waals surface area contributed by atoms with Crippen molar-refractivity contribution >= 4 is 27.5 Å². The molecule has 2 heterocycles. The number of nitrogens with one attached hydrogen (secondary N) is 2. The van der Waals surface area contributed by atoms with Gasteiger partial charge in [-0.25, -0.2) is 4.98 Å². The van der Waals surface area contributed by atoms with Crippen LogP contribution in [0.3, 0.4) is 0 Å². The first-order valence-electron chi connectivity index (χ1n) is 9.33. The first-order chi connectivity index (χ1) is 13.2. The number of rotatable bonds is 6. The maximum Gasteiger partial charge on any atom is 0.275 e. The topological polar surface area (TPSA) is 55.7 Å². The highest BCUT2D eigenvalue weighted by Gasteiger charge is 2.33. The van der Waals surface area contributed by atoms with E-state index in [4.69, 9.17) is 9.72 Å². The molecule has 5 nitrogen and oxygen atoms in total. The third-order valence-corrected chi connectivity index (χ3v) is 6.30. The lowest BCUT2D eigenvalue weighted by molar-refractivity contribution is -0.910. The van der Waals surface area contributed by atoms with Gasteiger partial charge >= 0.3 is 0 Å². The van der Waals surface area contributed by atoms with Crippen LogP contribution in [0.1, 0.15) is 29.5 Å². The minimum Gasteiger partial charge on any atom is -0.496 e. The summed E-state index contributed by atoms with van der Waals surface area (Å²) >= 11 is 1.76. The smallest absolute Gasteiger partial charge is 0.275 e. The number of ether oxygens (including phenoxy) is 1. The molecule has 1 amide bonds. The average Bonchev–Trinajstić information content (AvgIpc) is 3.32. The van der Waals surface area contributed by atoms with Gasteiger partial charge in [0.2, 0.25) is 0 Å². The zero-order chi connectivity index (χ0) is 18.6. The van der Waals surface area contributed by atoms with Gasteiger partial charge in [-0.1, -0.05) is 30.3 Å². The second-order valence-electron chi connectivity index (χ2n) is 6.89. The zero-order valence-electron chi connectivity index (χ0n) is 15.4. The van der Waals surface area contributed by atoms with E-state index in [-0.39, 0.29) is 5.91 Å². The van der Waals surface area contributed by atoms with E-state index in [1.165, 1.54) is 9.60 Å². The van der Waals surface area contributed by atoms with E-state index in [9.17, 15) is 4.79 Å². The molecule has 1 aromatic heterocycles. The van der Waals surface area contributed by atoms with Gasteiger partial charge in [0.15, 0.2) is 11.6 Å². The highest BCUT2D eigenvalue weighted by Crippen LogP contribution is 2.28. The van der Waals surface area contributed by atoms with Crippen molar-refractivity contribution in [3.63, 3.8) is 0 Å². The van der Waals surface area contributed by atoms with Crippen molar-refractivity contribution in [1.29, 1.82) is 0 Å². The second-order valence-corrected chi connectivity index (χ2v) is 7.95. The Hall–Kier alpha value is -2.44. The van der Waals surface area contributed by atoms with E-state index in [0.29, 0.717) is 19.1 Å². The quantitative estimate of drug-likeness (QED) is 0.688. The molecule has 1 aliphatic rings. The first-order valence-corrected chi connectivity index (χ1v) is 10.1. The number of methoxy groups -OCH3 is 1. The lowest BCUT2D eigenvalue weighted by Gasteiger charge is -2.19. The Morgan fingerprint density at radius 3 is 2.93 bits per heavy atom. The van der Waals surface area contributed by atoms with Gasteiger partial charge in [0.1, 0.15) is 11.8 Å². The van der Waals surface area contributed by atoms with Crippen molar-refractivity contribution in [1.82, 2.24) is 10.3 Å². The summed E-state index contributed by atoms with van der Waals surface area (Å²) in [5.41, 5.74) is 2.05. The summed E-state index contributed by atoms with van der Waals surface area (Å²) in [6.07, 6.45) is 2.23. The molecule has 1 unspecified atom stereocenters. The van der Waals surface area contributed by atoms with Crippen LogP contribution < -0.4 is 15.0 Å². The highest BCUT2D eigenvalue weighted by molar-refractivity contribution is 7.18. The lowest BCUT2D eigenvalue weighted by atomic mass is 10.2. The van der Waals surface area contributed by atoms with E-state index in [1.807, 2.05) is 30.3 Å². The molecule has 3 aromatic rings. The number of para-hydroxylation sites is 2. The maximum absolute atomic E-state index is 12.5. The predicted octanol–water partition coefficient (Wildman–Crippen LogP) is 2.34. The summed E-state index contributed by atoms with van der Waals surface area (Å²) in [7, 11) is 1.65. The molecule has 2 N–H and O–H groups in total. The molecular weight excluding hydrogens is 358 g/mol. The van der Waals surface area contributed by atoms with Crippen LogP contribution in [0.5, 0.6) is 5.75 Å². The minimum absolute atomic E-state index is 0.0731. The van der Waals surface area contributed by atoms with Crippen molar-refractivity contribution in [2.75, 3.05) is 20.2 Å². The Morgan fingerprint density at radius 1 is 1.26 bits per heavy atom. The van der Waals surface area contributed by atoms with Crippen molar-refractivity contribution in [2.45, 2.75) is 25.4 Å². The fraction of sp³-hybridized carbons (Fsp3) is 0.333. The Kier molecular flexibility index (Phi) is 5.36. The molecule has 2 aromatic carbocycles. The van der Waals surface area contributed by atoms with Gasteiger partial charge in [0.25, 0.3) is 5.91 Å². The minimum atomic E-state index is 0.0731. The summed E-state index contributed by atoms with van der Waals surface area (Å²) in [6, 6.07) is 16.3. The molecule has 2 atom stereocenters. The number of amides is 1. The zero-order valence-corrected chi connectivity index (χ0v) is 16.2. The molecule has 1 fully saturated rings. The largest absolute Gasteiger partial charge is 0.496 e. The average molecular weight is 383 g/mol. The SMILES string of the molecule is COc1ccccc1CNC(=O)C[NH+]1CCC[C@@H]1c1nc2ccccc2s1. The number of thiazole rings is 1. The summed E-state index contributed by atoms with van der Waals surface area (Å²) in [5, 5.41) is 4.20. The number of benzene rings is 2. The summed E-state index contributed by atoms with van der Waals surface area (Å²) in [5.74, 6) is 0.877. The fourth-order valence-corrected chi connectivity index (χ4v) is 4.93. The lowest BCUT2D eigenvalue weighted by Crippen LogP contribution is -3.11. The molecule has 0 spiro atoms. The van der Waals surface area contributed by atoms with Crippen LogP contribution >= 0.6 is 11.3 Å². The predicted molar refractivity (Wildman–Crippen MR) is 107 cm³/mol. The van der Waals surface area contributed by atoms with Crippen molar-refractivity contribution in [2.24, 2.45) is 0 Å². The summed E-state index contributed by atoms with van der Waals surface area (Å²) in [4.78, 5) is 18.7. The summed E-state index contributed by atoms with van der Waals surface area (Å²) < 4.78 is 6.57. The first kappa shape index (κ1) is 17.9. The molecule has 0 aliphatic carbocycles. The van der Waals surface area contributed by atoms with Crippen molar-refractivity contribution in [3.05, 3.63) is 59.1 Å². The van der Waals surface area contributed by atoms with Gasteiger partial charge in [0, 0.05) is 24.9 Å². The fourth-order valence-electron chi connectivity index (χ4n) is 3.77. The number of hydrogen-bond donors (Lipinski definition) is 2. The van der Waals surface area contributed by atoms with E-state index >= 15 is 0 Å². The third kappa shape index (κ3) is 3.96. The molecule has 140 valence electrons. The molecule has 27 heavy (non-hydrogen) atoms. The number of carbonyl (C=O) groups excluding carboxylic acids is 1. The number of aromatic nitrogens is 1. The van der Waals surface area contributed by atoms with Crippen LogP contribution in [0, 0.1) is 0 Å². The molecular formula is C21H24N3O2S+. The van der Waals surface area contributed by atoms with Crippen LogP contribution in [0.4, 0.5) is 0 Å². The van der Waals surface area contributed by atoms with Crippen LogP contribution in [0.25, 0.3) is 10.2 Å². The standard InChI is InChI=1S/C21H23N3O2S/c1-26-18-10-4-2-7-15(18)13-22-20(25)14-24-12-6-9-17(24)21-23-16-8-3-5-11-19(16)27-21/h2-5,7-8,10-11,17H,6,9,12-14H2,1H3,(H,22,25)/p+1/t17-/m1/s1. The van der Waals surface area contributed by atoms with E-state index in [0.717, 1.165) is 41.2 Å². The number of carbonyl (C=O) groups is 1. The van der Waals surface area contributed by atoms with Crippen LogP contribution in [0.2, 0.25) is 0 Å². The van der Waals surface area contributed by atoms with Crippen LogP contribution in [-0.2, 0) is 11.3 Å². The second kappa shape index (κ2) is 8.06. The molecule has 1 saturated heterocycles. The van der Waals surface area contributed by atoms with Gasteiger partial charge in [-0.05, 0) is 18.2 Å². The molecule has 1 aliphatic heterocycles. The number of likely N-dealkylation sites (tertiary alicyclic amines) is 1. The Balaban J connectivity index is 1.39. The van der Waals surface area contributed by atoms with Crippen molar-refractivity contribution in [3.8, 4) is 5.75 Å². The van der Waals surface area contributed by atoms with E-state index in [2.05, 4.69) is 23.5 Å². The van der Waals surface area contributed by atoms with Crippen LogP contribution in [-0.4, -0.2) is 31.1 Å². The number of hydrogen-bond acceptors (Lipinski definition) is 4. The number of fused-ring (bicyclic) bond motifs is 1. The van der Waals surface area contributed by atoms with Gasteiger partial charge < -0.3 is 15.0 Å². The van der Waals surface area contributed by atoms with Gasteiger partial charge in [0.05, 0.1) is 23.9 Å². The monoisotopic (exact) mass is 382 g/mol. The van der Waals surface area contributed by atoms with Gasteiger partial charge in [-0.15, -0.1) is 11.3 Å². The molecule has 0 saturated carbocycles. The maximum atomic E-state index is 12.5. The molecule has 0 bridgehead atoms. The number of quaternary nitrogens is 1. The third-order valence-electron chi connectivity index (χ3n) is 5.15.